The van der Waals surface area contributed by atoms with Crippen molar-refractivity contribution in [2.75, 3.05) is 7.05 Å². The summed E-state index contributed by atoms with van der Waals surface area (Å²) >= 11 is 1.82. The van der Waals surface area contributed by atoms with Crippen molar-refractivity contribution >= 4 is 51.3 Å². The number of nitrogens with zero attached hydrogens (tertiary/aromatic N) is 1. The molecule has 0 aliphatic rings. The number of halogens is 1. The molecule has 0 aliphatic heterocycles. The Kier molecular flexibility index (Phi) is 11.3. The first-order chi connectivity index (χ1) is 13.7. The van der Waals surface area contributed by atoms with Gasteiger partial charge < -0.3 is 10.6 Å². The maximum absolute atomic E-state index is 12.0. The SMILES string of the molecule is CN=C(NCc1ccc(CS(=O)(=O)NC(C)C)cc1)NC(C)Cc1ccc(C)s1.I. The highest BCUT2D eigenvalue weighted by molar-refractivity contribution is 14.0. The first-order valence-corrected chi connectivity index (χ1v) is 12.2. The molecule has 0 spiro atoms. The van der Waals surface area contributed by atoms with Gasteiger partial charge in [0.25, 0.3) is 0 Å². The maximum atomic E-state index is 12.0. The lowest BCUT2D eigenvalue weighted by Crippen LogP contribution is -2.42. The van der Waals surface area contributed by atoms with Crippen LogP contribution in [-0.2, 0) is 28.7 Å². The summed E-state index contributed by atoms with van der Waals surface area (Å²) in [5.41, 5.74) is 1.83. The third-order valence-corrected chi connectivity index (χ3v) is 6.73. The summed E-state index contributed by atoms with van der Waals surface area (Å²) in [6.45, 7) is 8.50. The molecule has 1 aromatic heterocycles. The lowest BCUT2D eigenvalue weighted by molar-refractivity contribution is 0.569. The van der Waals surface area contributed by atoms with Gasteiger partial charge in [0, 0.05) is 41.9 Å². The standard InChI is InChI=1S/C21H32N4O2S2.HI/c1-15(2)25-29(26,27)14-19-9-7-18(8-10-19)13-23-21(22-5)24-16(3)12-20-11-6-17(4)28-20;/h6-11,15-16,25H,12-14H2,1-5H3,(H2,22,23,24);1H. The molecular weight excluding hydrogens is 531 g/mol. The fourth-order valence-corrected chi connectivity index (χ4v) is 5.39. The van der Waals surface area contributed by atoms with Gasteiger partial charge in [-0.2, -0.15) is 0 Å². The molecule has 2 rings (SSSR count). The molecule has 0 saturated carbocycles. The number of nitrogens with one attached hydrogen (secondary N) is 3. The normalized spacial score (nSPS) is 13.1. The second-order valence-electron chi connectivity index (χ2n) is 7.54. The Bertz CT molecular complexity index is 909. The third-order valence-electron chi connectivity index (χ3n) is 4.16. The molecule has 0 saturated heterocycles. The molecule has 0 fully saturated rings. The summed E-state index contributed by atoms with van der Waals surface area (Å²) in [6.07, 6.45) is 0.951. The van der Waals surface area contributed by atoms with Crippen molar-refractivity contribution in [1.29, 1.82) is 0 Å². The second kappa shape index (κ2) is 12.6. The van der Waals surface area contributed by atoms with E-state index < -0.39 is 10.0 Å². The van der Waals surface area contributed by atoms with Crippen molar-refractivity contribution in [3.63, 3.8) is 0 Å². The number of hydrogen-bond acceptors (Lipinski definition) is 4. The van der Waals surface area contributed by atoms with Crippen LogP contribution in [-0.4, -0.2) is 33.5 Å². The van der Waals surface area contributed by atoms with Gasteiger partial charge in [-0.05, 0) is 51.0 Å². The number of thiophene rings is 1. The van der Waals surface area contributed by atoms with Crippen LogP contribution in [0.15, 0.2) is 41.4 Å². The Morgan fingerprint density at radius 3 is 2.23 bits per heavy atom. The average molecular weight is 565 g/mol. The van der Waals surface area contributed by atoms with E-state index in [-0.39, 0.29) is 41.8 Å². The molecule has 2 aromatic rings. The van der Waals surface area contributed by atoms with Crippen molar-refractivity contribution in [1.82, 2.24) is 15.4 Å². The summed E-state index contributed by atoms with van der Waals surface area (Å²) in [6, 6.07) is 12.1. The third kappa shape index (κ3) is 9.76. The predicted molar refractivity (Wildman–Crippen MR) is 138 cm³/mol. The fourth-order valence-electron chi connectivity index (χ4n) is 2.93. The average Bonchev–Trinajstić information content (AvgIpc) is 3.03. The number of aliphatic imine (C=N–C) groups is 1. The topological polar surface area (TPSA) is 82.6 Å². The minimum absolute atomic E-state index is 0. The van der Waals surface area contributed by atoms with Crippen LogP contribution in [0.2, 0.25) is 0 Å². The van der Waals surface area contributed by atoms with Crippen LogP contribution < -0.4 is 15.4 Å². The van der Waals surface area contributed by atoms with Gasteiger partial charge in [0.2, 0.25) is 10.0 Å². The maximum Gasteiger partial charge on any atom is 0.216 e. The number of benzene rings is 1. The molecule has 1 atom stereocenters. The molecular formula is C21H33IN4O2S2. The van der Waals surface area contributed by atoms with Crippen molar-refractivity contribution in [3.8, 4) is 0 Å². The van der Waals surface area contributed by atoms with Gasteiger partial charge in [-0.3, -0.25) is 4.99 Å². The Balaban J connectivity index is 0.00000450. The zero-order valence-corrected chi connectivity index (χ0v) is 22.2. The van der Waals surface area contributed by atoms with Gasteiger partial charge in [0.15, 0.2) is 5.96 Å². The van der Waals surface area contributed by atoms with Crippen LogP contribution in [0.4, 0.5) is 0 Å². The zero-order chi connectivity index (χ0) is 21.4. The van der Waals surface area contributed by atoms with Crippen molar-refractivity contribution in [2.45, 2.75) is 58.5 Å². The molecule has 6 nitrogen and oxygen atoms in total. The van der Waals surface area contributed by atoms with E-state index in [4.69, 9.17) is 0 Å². The minimum Gasteiger partial charge on any atom is -0.354 e. The Morgan fingerprint density at radius 1 is 1.07 bits per heavy atom. The summed E-state index contributed by atoms with van der Waals surface area (Å²) in [7, 11) is -1.55. The van der Waals surface area contributed by atoms with Gasteiger partial charge in [-0.15, -0.1) is 35.3 Å². The van der Waals surface area contributed by atoms with E-state index in [1.807, 2.05) is 49.4 Å². The Hall–Kier alpha value is -1.17. The monoisotopic (exact) mass is 564 g/mol. The molecule has 1 unspecified atom stereocenters. The zero-order valence-electron chi connectivity index (χ0n) is 18.2. The van der Waals surface area contributed by atoms with E-state index >= 15 is 0 Å². The van der Waals surface area contributed by atoms with E-state index in [1.54, 1.807) is 7.05 Å². The molecule has 0 radical (unpaired) electrons. The van der Waals surface area contributed by atoms with Crippen LogP contribution in [0.3, 0.4) is 0 Å². The lowest BCUT2D eigenvalue weighted by atomic mass is 10.1. The fraction of sp³-hybridized carbons (Fsp3) is 0.476. The molecule has 9 heteroatoms. The molecule has 3 N–H and O–H groups in total. The molecule has 0 bridgehead atoms. The highest BCUT2D eigenvalue weighted by Crippen LogP contribution is 2.16. The van der Waals surface area contributed by atoms with E-state index in [1.165, 1.54) is 9.75 Å². The van der Waals surface area contributed by atoms with Gasteiger partial charge in [-0.25, -0.2) is 13.1 Å². The van der Waals surface area contributed by atoms with Crippen molar-refractivity contribution < 1.29 is 8.42 Å². The quantitative estimate of drug-likeness (QED) is 0.246. The highest BCUT2D eigenvalue weighted by Gasteiger charge is 2.13. The summed E-state index contributed by atoms with van der Waals surface area (Å²) < 4.78 is 26.7. The van der Waals surface area contributed by atoms with Gasteiger partial charge in [0.1, 0.15) is 0 Å². The summed E-state index contributed by atoms with van der Waals surface area (Å²) in [5.74, 6) is 0.737. The number of hydrogen-bond donors (Lipinski definition) is 3. The van der Waals surface area contributed by atoms with Crippen LogP contribution in [0.1, 0.15) is 41.7 Å². The molecule has 0 aliphatic carbocycles. The molecule has 168 valence electrons. The largest absolute Gasteiger partial charge is 0.354 e. The molecule has 0 amide bonds. The molecule has 1 heterocycles. The number of aryl methyl sites for hydroxylation is 1. The minimum atomic E-state index is -3.31. The van der Waals surface area contributed by atoms with Crippen molar-refractivity contribution in [2.24, 2.45) is 4.99 Å². The van der Waals surface area contributed by atoms with E-state index in [2.05, 4.69) is 46.3 Å². The van der Waals surface area contributed by atoms with Gasteiger partial charge in [-0.1, -0.05) is 24.3 Å². The number of sulfonamides is 1. The van der Waals surface area contributed by atoms with Crippen LogP contribution in [0, 0.1) is 6.92 Å². The van der Waals surface area contributed by atoms with Crippen molar-refractivity contribution in [3.05, 3.63) is 57.3 Å². The smallest absolute Gasteiger partial charge is 0.216 e. The Morgan fingerprint density at radius 2 is 1.70 bits per heavy atom. The number of guanidine groups is 1. The first-order valence-electron chi connectivity index (χ1n) is 9.77. The van der Waals surface area contributed by atoms with Crippen LogP contribution >= 0.6 is 35.3 Å². The Labute approximate surface area is 202 Å². The van der Waals surface area contributed by atoms with E-state index in [9.17, 15) is 8.42 Å². The van der Waals surface area contributed by atoms with Crippen LogP contribution in [0.5, 0.6) is 0 Å². The van der Waals surface area contributed by atoms with E-state index in [0.717, 1.165) is 23.5 Å². The predicted octanol–water partition coefficient (Wildman–Crippen LogP) is 3.80. The first kappa shape index (κ1) is 26.9. The summed E-state index contributed by atoms with van der Waals surface area (Å²) in [5, 5.41) is 6.73. The summed E-state index contributed by atoms with van der Waals surface area (Å²) in [4.78, 5) is 6.98. The second-order valence-corrected chi connectivity index (χ2v) is 10.7. The number of rotatable bonds is 9. The van der Waals surface area contributed by atoms with Gasteiger partial charge in [0.05, 0.1) is 5.75 Å². The van der Waals surface area contributed by atoms with E-state index in [0.29, 0.717) is 6.54 Å². The molecule has 1 aromatic carbocycles. The van der Waals surface area contributed by atoms with Crippen LogP contribution in [0.25, 0.3) is 0 Å². The highest BCUT2D eigenvalue weighted by atomic mass is 127. The lowest BCUT2D eigenvalue weighted by Gasteiger charge is -2.17. The molecule has 30 heavy (non-hydrogen) atoms. The van der Waals surface area contributed by atoms with Gasteiger partial charge >= 0.3 is 0 Å².